The van der Waals surface area contributed by atoms with Crippen LogP contribution < -0.4 is 9.80 Å². The number of aldehydes is 1. The SMILES string of the molecule is O=Cc1ccc(N2CCN(Cc3ccccc3N3CCCCC3)CC2)cc1. The minimum atomic E-state index is 0.742. The topological polar surface area (TPSA) is 26.8 Å². The molecular weight excluding hydrogens is 334 g/mol. The Morgan fingerprint density at radius 3 is 2.15 bits per heavy atom. The van der Waals surface area contributed by atoms with Gasteiger partial charge in [-0.2, -0.15) is 0 Å². The second-order valence-electron chi connectivity index (χ2n) is 7.65. The number of nitrogens with zero attached hydrogens (tertiary/aromatic N) is 3. The molecule has 2 heterocycles. The van der Waals surface area contributed by atoms with Gasteiger partial charge >= 0.3 is 0 Å². The van der Waals surface area contributed by atoms with E-state index in [0.717, 1.165) is 44.6 Å². The van der Waals surface area contributed by atoms with Crippen molar-refractivity contribution in [2.75, 3.05) is 49.1 Å². The lowest BCUT2D eigenvalue weighted by Gasteiger charge is -2.37. The highest BCUT2D eigenvalue weighted by Gasteiger charge is 2.20. The van der Waals surface area contributed by atoms with E-state index < -0.39 is 0 Å². The van der Waals surface area contributed by atoms with Gasteiger partial charge in [-0.1, -0.05) is 18.2 Å². The van der Waals surface area contributed by atoms with Gasteiger partial charge in [0.15, 0.2) is 0 Å². The van der Waals surface area contributed by atoms with Crippen LogP contribution in [0, 0.1) is 0 Å². The number of piperazine rings is 1. The van der Waals surface area contributed by atoms with Crippen LogP contribution in [-0.2, 0) is 6.54 Å². The molecule has 0 spiro atoms. The van der Waals surface area contributed by atoms with Crippen LogP contribution in [0.15, 0.2) is 48.5 Å². The van der Waals surface area contributed by atoms with Crippen LogP contribution in [0.25, 0.3) is 0 Å². The summed E-state index contributed by atoms with van der Waals surface area (Å²) in [6.45, 7) is 7.64. The molecule has 2 aromatic rings. The van der Waals surface area contributed by atoms with E-state index in [-0.39, 0.29) is 0 Å². The quantitative estimate of drug-likeness (QED) is 0.755. The fourth-order valence-corrected chi connectivity index (χ4v) is 4.26. The summed E-state index contributed by atoms with van der Waals surface area (Å²) >= 11 is 0. The third kappa shape index (κ3) is 4.33. The zero-order valence-corrected chi connectivity index (χ0v) is 16.0. The molecule has 0 amide bonds. The van der Waals surface area contributed by atoms with E-state index in [2.05, 4.69) is 51.1 Å². The number of hydrogen-bond acceptors (Lipinski definition) is 4. The van der Waals surface area contributed by atoms with Gasteiger partial charge in [-0.15, -0.1) is 0 Å². The lowest BCUT2D eigenvalue weighted by Crippen LogP contribution is -2.46. The second-order valence-corrected chi connectivity index (χ2v) is 7.65. The molecule has 2 saturated heterocycles. The van der Waals surface area contributed by atoms with E-state index in [1.54, 1.807) is 0 Å². The Morgan fingerprint density at radius 2 is 1.44 bits per heavy atom. The van der Waals surface area contributed by atoms with Gasteiger partial charge in [0.2, 0.25) is 0 Å². The molecule has 2 aliphatic rings. The fourth-order valence-electron chi connectivity index (χ4n) is 4.26. The maximum Gasteiger partial charge on any atom is 0.150 e. The van der Waals surface area contributed by atoms with Gasteiger partial charge in [-0.05, 0) is 55.2 Å². The lowest BCUT2D eigenvalue weighted by molar-refractivity contribution is 0.112. The van der Waals surface area contributed by atoms with Crippen molar-refractivity contribution < 1.29 is 4.79 Å². The molecule has 0 radical (unpaired) electrons. The Labute approximate surface area is 162 Å². The van der Waals surface area contributed by atoms with Crippen molar-refractivity contribution in [3.63, 3.8) is 0 Å². The normalized spacial score (nSPS) is 18.5. The number of rotatable bonds is 5. The van der Waals surface area contributed by atoms with Gasteiger partial charge < -0.3 is 9.80 Å². The molecule has 0 unspecified atom stereocenters. The van der Waals surface area contributed by atoms with E-state index in [9.17, 15) is 4.79 Å². The predicted molar refractivity (Wildman–Crippen MR) is 112 cm³/mol. The van der Waals surface area contributed by atoms with Crippen molar-refractivity contribution in [1.29, 1.82) is 0 Å². The summed E-state index contributed by atoms with van der Waals surface area (Å²) in [5.41, 5.74) is 4.85. The first-order valence-corrected chi connectivity index (χ1v) is 10.2. The van der Waals surface area contributed by atoms with Crippen LogP contribution in [-0.4, -0.2) is 50.5 Å². The minimum Gasteiger partial charge on any atom is -0.371 e. The van der Waals surface area contributed by atoms with Crippen molar-refractivity contribution >= 4 is 17.7 Å². The van der Waals surface area contributed by atoms with E-state index >= 15 is 0 Å². The molecule has 0 atom stereocenters. The van der Waals surface area contributed by atoms with Crippen LogP contribution >= 0.6 is 0 Å². The van der Waals surface area contributed by atoms with E-state index in [1.807, 2.05) is 12.1 Å². The van der Waals surface area contributed by atoms with Crippen molar-refractivity contribution in [1.82, 2.24) is 4.90 Å². The largest absolute Gasteiger partial charge is 0.371 e. The van der Waals surface area contributed by atoms with Gasteiger partial charge in [-0.25, -0.2) is 0 Å². The molecule has 0 aromatic heterocycles. The number of carbonyl (C=O) groups excluding carboxylic acids is 1. The Morgan fingerprint density at radius 1 is 0.741 bits per heavy atom. The van der Waals surface area contributed by atoms with Crippen LogP contribution in [0.5, 0.6) is 0 Å². The fraction of sp³-hybridized carbons (Fsp3) is 0.435. The van der Waals surface area contributed by atoms with Crippen molar-refractivity contribution in [2.24, 2.45) is 0 Å². The molecular formula is C23H29N3O. The van der Waals surface area contributed by atoms with Gasteiger partial charge in [0.1, 0.15) is 6.29 Å². The number of benzene rings is 2. The first-order valence-electron chi connectivity index (χ1n) is 10.2. The number of hydrogen-bond donors (Lipinski definition) is 0. The summed E-state index contributed by atoms with van der Waals surface area (Å²) in [5.74, 6) is 0. The Hall–Kier alpha value is -2.33. The summed E-state index contributed by atoms with van der Waals surface area (Å²) in [6, 6.07) is 16.9. The molecule has 0 bridgehead atoms. The van der Waals surface area contributed by atoms with Crippen LogP contribution in [0.2, 0.25) is 0 Å². The Kier molecular flexibility index (Phi) is 5.73. The third-order valence-corrected chi connectivity index (χ3v) is 5.85. The van der Waals surface area contributed by atoms with Gasteiger partial charge in [0, 0.05) is 62.8 Å². The molecule has 27 heavy (non-hydrogen) atoms. The number of anilines is 2. The molecule has 2 fully saturated rings. The monoisotopic (exact) mass is 363 g/mol. The van der Waals surface area contributed by atoms with E-state index in [4.69, 9.17) is 0 Å². The first-order chi connectivity index (χ1) is 13.3. The van der Waals surface area contributed by atoms with E-state index in [1.165, 1.54) is 49.3 Å². The number of piperidine rings is 1. The highest BCUT2D eigenvalue weighted by Crippen LogP contribution is 2.26. The number of para-hydroxylation sites is 1. The number of carbonyl (C=O) groups is 1. The average molecular weight is 364 g/mol. The molecule has 0 aliphatic carbocycles. The summed E-state index contributed by atoms with van der Waals surface area (Å²) in [7, 11) is 0. The van der Waals surface area contributed by atoms with Gasteiger partial charge in [0.25, 0.3) is 0 Å². The van der Waals surface area contributed by atoms with Gasteiger partial charge in [-0.3, -0.25) is 9.69 Å². The van der Waals surface area contributed by atoms with Crippen molar-refractivity contribution in [3.05, 3.63) is 59.7 Å². The summed E-state index contributed by atoms with van der Waals surface area (Å²) in [6.07, 6.45) is 4.90. The second kappa shape index (κ2) is 8.57. The predicted octanol–water partition coefficient (Wildman–Crippen LogP) is 3.81. The first kappa shape index (κ1) is 18.1. The molecule has 4 heteroatoms. The average Bonchev–Trinajstić information content (AvgIpc) is 2.75. The zero-order chi connectivity index (χ0) is 18.5. The zero-order valence-electron chi connectivity index (χ0n) is 16.0. The highest BCUT2D eigenvalue weighted by atomic mass is 16.1. The maximum atomic E-state index is 10.8. The summed E-state index contributed by atoms with van der Waals surface area (Å²) in [5, 5.41) is 0. The minimum absolute atomic E-state index is 0.742. The van der Waals surface area contributed by atoms with E-state index in [0.29, 0.717) is 0 Å². The standard InChI is InChI=1S/C23H29N3O/c27-19-20-8-10-22(11-9-20)25-16-14-24(15-17-25)18-21-6-2-3-7-23(21)26-12-4-1-5-13-26/h2-3,6-11,19H,1,4-5,12-18H2. The van der Waals surface area contributed by atoms with Gasteiger partial charge in [0.05, 0.1) is 0 Å². The third-order valence-electron chi connectivity index (χ3n) is 5.85. The molecule has 0 N–H and O–H groups in total. The maximum absolute atomic E-state index is 10.8. The molecule has 2 aliphatic heterocycles. The van der Waals surface area contributed by atoms with Crippen LogP contribution in [0.3, 0.4) is 0 Å². The smallest absolute Gasteiger partial charge is 0.150 e. The highest BCUT2D eigenvalue weighted by molar-refractivity contribution is 5.75. The Balaban J connectivity index is 1.37. The van der Waals surface area contributed by atoms with Crippen LogP contribution in [0.1, 0.15) is 35.2 Å². The molecule has 142 valence electrons. The molecule has 4 rings (SSSR count). The molecule has 2 aromatic carbocycles. The molecule has 4 nitrogen and oxygen atoms in total. The van der Waals surface area contributed by atoms with Crippen LogP contribution in [0.4, 0.5) is 11.4 Å². The van der Waals surface area contributed by atoms with Crippen molar-refractivity contribution in [2.45, 2.75) is 25.8 Å². The molecule has 0 saturated carbocycles. The summed E-state index contributed by atoms with van der Waals surface area (Å²) in [4.78, 5) is 18.4. The van der Waals surface area contributed by atoms with Crippen molar-refractivity contribution in [3.8, 4) is 0 Å². The Bertz CT molecular complexity index is 744. The lowest BCUT2D eigenvalue weighted by atomic mass is 10.1. The summed E-state index contributed by atoms with van der Waals surface area (Å²) < 4.78 is 0.